The molecule has 0 aliphatic carbocycles. The van der Waals surface area contributed by atoms with Gasteiger partial charge >= 0.3 is 5.76 Å². The predicted octanol–water partition coefficient (Wildman–Crippen LogP) is 4.00. The van der Waals surface area contributed by atoms with Crippen LogP contribution in [0.3, 0.4) is 0 Å². The molecule has 0 fully saturated rings. The number of oxazole rings is 1. The molecule has 29 heavy (non-hydrogen) atoms. The van der Waals surface area contributed by atoms with E-state index in [4.69, 9.17) is 27.6 Å². The summed E-state index contributed by atoms with van der Waals surface area (Å²) in [6, 6.07) is 7.39. The van der Waals surface area contributed by atoms with Crippen LogP contribution in [0.15, 0.2) is 39.5 Å². The number of H-pyrrole nitrogens is 1. The Balaban J connectivity index is 0.00000240. The second-order valence-electron chi connectivity index (χ2n) is 6.28. The van der Waals surface area contributed by atoms with Gasteiger partial charge in [-0.1, -0.05) is 23.2 Å². The van der Waals surface area contributed by atoms with E-state index >= 15 is 0 Å². The summed E-state index contributed by atoms with van der Waals surface area (Å²) in [5, 5.41) is 0.399. The highest BCUT2D eigenvalue weighted by Crippen LogP contribution is 2.22. The fraction of sp³-hybridized carbons (Fsp3) is 0.167. The van der Waals surface area contributed by atoms with Crippen LogP contribution in [0, 0.1) is 5.82 Å². The third-order valence-corrected chi connectivity index (χ3v) is 4.83. The summed E-state index contributed by atoms with van der Waals surface area (Å²) >= 11 is 11.7. The van der Waals surface area contributed by atoms with Gasteiger partial charge in [-0.05, 0) is 24.3 Å². The lowest BCUT2D eigenvalue weighted by molar-refractivity contribution is -0.131. The predicted molar refractivity (Wildman–Crippen MR) is 110 cm³/mol. The van der Waals surface area contributed by atoms with Gasteiger partial charge < -0.3 is 14.3 Å². The molecular weight excluding hydrogens is 446 g/mol. The Hall–Kier alpha value is -2.55. The Bertz CT molecular complexity index is 1240. The number of halogens is 4. The fourth-order valence-corrected chi connectivity index (χ4v) is 3.21. The van der Waals surface area contributed by atoms with Gasteiger partial charge in [0.05, 0.1) is 28.1 Å². The molecule has 0 bridgehead atoms. The van der Waals surface area contributed by atoms with E-state index in [0.717, 1.165) is 0 Å². The number of amides is 1. The number of aromatic nitrogens is 3. The number of aromatic amines is 1. The third-order valence-electron chi connectivity index (χ3n) is 4.31. The monoisotopic (exact) mass is 458 g/mol. The van der Waals surface area contributed by atoms with Crippen molar-refractivity contribution in [3.8, 4) is 0 Å². The molecule has 2 heterocycles. The van der Waals surface area contributed by atoms with Crippen molar-refractivity contribution in [2.45, 2.75) is 13.1 Å². The molecular formula is C18H14Cl3FN4O3. The topological polar surface area (TPSA) is 84.1 Å². The Morgan fingerprint density at radius 2 is 2.07 bits per heavy atom. The van der Waals surface area contributed by atoms with Gasteiger partial charge in [0.2, 0.25) is 5.91 Å². The molecule has 2 aromatic carbocycles. The number of fused-ring (bicyclic) bond motifs is 2. The summed E-state index contributed by atoms with van der Waals surface area (Å²) in [6.07, 6.45) is 0. The fourth-order valence-electron chi connectivity index (χ4n) is 2.89. The molecule has 0 aliphatic heterocycles. The molecule has 1 amide bonds. The molecule has 0 saturated heterocycles. The molecule has 11 heteroatoms. The summed E-state index contributed by atoms with van der Waals surface area (Å²) in [4.78, 5) is 33.3. The van der Waals surface area contributed by atoms with Gasteiger partial charge in [0.25, 0.3) is 0 Å². The lowest BCUT2D eigenvalue weighted by Crippen LogP contribution is -2.32. The molecule has 0 atom stereocenters. The number of carbonyl (C=O) groups excluding carboxylic acids is 1. The highest BCUT2D eigenvalue weighted by Gasteiger charge is 2.17. The van der Waals surface area contributed by atoms with Crippen molar-refractivity contribution < 1.29 is 13.6 Å². The van der Waals surface area contributed by atoms with E-state index in [1.165, 1.54) is 21.6 Å². The van der Waals surface area contributed by atoms with Crippen molar-refractivity contribution >= 4 is 63.6 Å². The quantitative estimate of drug-likeness (QED) is 0.500. The minimum Gasteiger partial charge on any atom is -0.408 e. The highest BCUT2D eigenvalue weighted by molar-refractivity contribution is 6.31. The van der Waals surface area contributed by atoms with Crippen LogP contribution in [-0.2, 0) is 17.9 Å². The normalized spacial score (nSPS) is 11.0. The Morgan fingerprint density at radius 1 is 1.31 bits per heavy atom. The van der Waals surface area contributed by atoms with E-state index in [2.05, 4.69) is 9.97 Å². The van der Waals surface area contributed by atoms with Crippen LogP contribution in [-0.4, -0.2) is 32.4 Å². The maximum atomic E-state index is 13.6. The first-order valence-electron chi connectivity index (χ1n) is 8.18. The number of hydrogen-bond donors (Lipinski definition) is 1. The van der Waals surface area contributed by atoms with Gasteiger partial charge in [-0.25, -0.2) is 14.2 Å². The maximum absolute atomic E-state index is 13.6. The van der Waals surface area contributed by atoms with Crippen molar-refractivity contribution in [2.24, 2.45) is 0 Å². The zero-order chi connectivity index (χ0) is 20.0. The number of benzene rings is 2. The Kier molecular flexibility index (Phi) is 5.88. The van der Waals surface area contributed by atoms with Crippen LogP contribution in [0.4, 0.5) is 4.39 Å². The lowest BCUT2D eigenvalue weighted by atomic mass is 10.3. The summed E-state index contributed by atoms with van der Waals surface area (Å²) < 4.78 is 19.9. The van der Waals surface area contributed by atoms with Crippen molar-refractivity contribution in [1.82, 2.24) is 19.4 Å². The summed E-state index contributed by atoms with van der Waals surface area (Å²) in [5.74, 6) is -1.08. The van der Waals surface area contributed by atoms with Crippen LogP contribution in [0.2, 0.25) is 10.0 Å². The van der Waals surface area contributed by atoms with E-state index < -0.39 is 11.6 Å². The van der Waals surface area contributed by atoms with Gasteiger partial charge in [0.15, 0.2) is 5.58 Å². The second-order valence-corrected chi connectivity index (χ2v) is 7.13. The first kappa shape index (κ1) is 21.2. The van der Waals surface area contributed by atoms with Crippen molar-refractivity contribution in [2.75, 3.05) is 7.05 Å². The summed E-state index contributed by atoms with van der Waals surface area (Å²) in [5.41, 5.74) is 1.76. The number of imidazole rings is 1. The van der Waals surface area contributed by atoms with Crippen LogP contribution in [0.5, 0.6) is 0 Å². The van der Waals surface area contributed by atoms with E-state index in [0.29, 0.717) is 33.0 Å². The van der Waals surface area contributed by atoms with Crippen LogP contribution in [0.25, 0.3) is 22.1 Å². The van der Waals surface area contributed by atoms with Crippen molar-refractivity contribution in [1.29, 1.82) is 0 Å². The van der Waals surface area contributed by atoms with Gasteiger partial charge in [0, 0.05) is 18.1 Å². The zero-order valence-corrected chi connectivity index (χ0v) is 17.2. The number of hydrogen-bond acceptors (Lipinski definition) is 4. The molecule has 0 radical (unpaired) electrons. The number of nitrogens with zero attached hydrogens (tertiary/aromatic N) is 3. The highest BCUT2D eigenvalue weighted by atomic mass is 35.5. The second kappa shape index (κ2) is 8.06. The van der Waals surface area contributed by atoms with E-state index in [1.54, 1.807) is 25.2 Å². The Labute approximate surface area is 179 Å². The zero-order valence-electron chi connectivity index (χ0n) is 14.9. The van der Waals surface area contributed by atoms with Gasteiger partial charge in [-0.15, -0.1) is 12.4 Å². The summed E-state index contributed by atoms with van der Waals surface area (Å²) in [7, 11) is 1.57. The summed E-state index contributed by atoms with van der Waals surface area (Å²) in [6.45, 7) is -0.0819. The third kappa shape index (κ3) is 4.10. The first-order valence-corrected chi connectivity index (χ1v) is 8.94. The molecule has 152 valence electrons. The molecule has 7 nitrogen and oxygen atoms in total. The number of nitrogens with one attached hydrogen (secondary N) is 1. The molecule has 1 N–H and O–H groups in total. The molecule has 0 unspecified atom stereocenters. The SMILES string of the molecule is CN(Cc1nc2cc(Cl)c(F)cc2[nH]1)C(=O)Cn1c(=O)oc2ccc(Cl)cc21.Cl. The average molecular weight is 460 g/mol. The first-order chi connectivity index (χ1) is 13.3. The lowest BCUT2D eigenvalue weighted by Gasteiger charge is -2.15. The molecule has 0 spiro atoms. The van der Waals surface area contributed by atoms with Crippen LogP contribution in [0.1, 0.15) is 5.82 Å². The van der Waals surface area contributed by atoms with Gasteiger partial charge in [0.1, 0.15) is 18.2 Å². The van der Waals surface area contributed by atoms with Crippen LogP contribution >= 0.6 is 35.6 Å². The van der Waals surface area contributed by atoms with Gasteiger partial charge in [-0.3, -0.25) is 9.36 Å². The van der Waals surface area contributed by atoms with E-state index in [9.17, 15) is 14.0 Å². The minimum absolute atomic E-state index is 0. The molecule has 2 aromatic heterocycles. The molecule has 0 saturated carbocycles. The smallest absolute Gasteiger partial charge is 0.408 e. The molecule has 4 rings (SSSR count). The maximum Gasteiger partial charge on any atom is 0.420 e. The Morgan fingerprint density at radius 3 is 2.83 bits per heavy atom. The number of carbonyl (C=O) groups is 1. The van der Waals surface area contributed by atoms with E-state index in [1.807, 2.05) is 0 Å². The average Bonchev–Trinajstić information content (AvgIpc) is 3.15. The molecule has 0 aliphatic rings. The van der Waals surface area contributed by atoms with Gasteiger partial charge in [-0.2, -0.15) is 0 Å². The molecule has 4 aromatic rings. The largest absolute Gasteiger partial charge is 0.420 e. The number of rotatable bonds is 4. The van der Waals surface area contributed by atoms with Crippen molar-refractivity contribution in [3.05, 3.63) is 62.6 Å². The minimum atomic E-state index is -0.645. The van der Waals surface area contributed by atoms with Crippen molar-refractivity contribution in [3.63, 3.8) is 0 Å². The van der Waals surface area contributed by atoms with E-state index in [-0.39, 0.29) is 36.4 Å². The standard InChI is InChI=1S/C18H13Cl2FN4O3.ClH/c1-24(7-16-22-12-5-10(20)11(21)6-13(12)23-16)17(26)8-25-14-4-9(19)2-3-15(14)28-18(25)27;/h2-6H,7-8H2,1H3,(H,22,23);1H. The number of likely N-dealkylation sites (N-methyl/N-ethyl adjacent to an activating group) is 1. The van der Waals surface area contributed by atoms with Crippen LogP contribution < -0.4 is 5.76 Å².